The molecule has 0 spiro atoms. The second-order valence-corrected chi connectivity index (χ2v) is 6.10. The van der Waals surface area contributed by atoms with E-state index in [0.29, 0.717) is 34.0 Å². The van der Waals surface area contributed by atoms with Crippen LogP contribution >= 0.6 is 0 Å². The zero-order chi connectivity index (χ0) is 19.6. The number of ether oxygens (including phenoxy) is 2. The van der Waals surface area contributed by atoms with Crippen LogP contribution < -0.4 is 25.8 Å². The zero-order valence-electron chi connectivity index (χ0n) is 14.9. The number of Topliss-reactive ketones (excluding diaryl/α,β-unsaturated/α-hetero) is 1. The summed E-state index contributed by atoms with van der Waals surface area (Å²) in [5.41, 5.74) is 7.79. The van der Waals surface area contributed by atoms with Crippen molar-refractivity contribution < 1.29 is 23.9 Å². The van der Waals surface area contributed by atoms with Crippen molar-refractivity contribution in [2.24, 2.45) is 5.73 Å². The summed E-state index contributed by atoms with van der Waals surface area (Å²) in [7, 11) is 0. The van der Waals surface area contributed by atoms with Crippen LogP contribution in [0.3, 0.4) is 0 Å². The summed E-state index contributed by atoms with van der Waals surface area (Å²) >= 11 is 0. The highest BCUT2D eigenvalue weighted by Gasteiger charge is 2.20. The molecule has 2 amide bonds. The number of nitrogens with two attached hydrogens (primary N) is 1. The summed E-state index contributed by atoms with van der Waals surface area (Å²) in [5, 5.41) is 5.67. The van der Waals surface area contributed by atoms with Gasteiger partial charge in [0, 0.05) is 22.9 Å². The first kappa shape index (κ1) is 18.2. The van der Waals surface area contributed by atoms with Gasteiger partial charge in [-0.25, -0.2) is 0 Å². The highest BCUT2D eigenvalue weighted by molar-refractivity contribution is 6.05. The van der Waals surface area contributed by atoms with E-state index < -0.39 is 5.91 Å². The van der Waals surface area contributed by atoms with Crippen LogP contribution in [0.2, 0.25) is 0 Å². The molecule has 1 aliphatic rings. The molecule has 1 heterocycles. The van der Waals surface area contributed by atoms with E-state index in [9.17, 15) is 14.4 Å². The van der Waals surface area contributed by atoms with Gasteiger partial charge < -0.3 is 25.8 Å². The Kier molecular flexibility index (Phi) is 4.98. The third-order valence-electron chi connectivity index (χ3n) is 4.13. The van der Waals surface area contributed by atoms with Gasteiger partial charge in [0.15, 0.2) is 17.3 Å². The van der Waals surface area contributed by atoms with Crippen LogP contribution in [0.25, 0.3) is 0 Å². The minimum atomic E-state index is -0.547. The average molecular weight is 369 g/mol. The van der Waals surface area contributed by atoms with Crippen molar-refractivity contribution in [3.63, 3.8) is 0 Å². The number of nitrogens with one attached hydrogen (secondary N) is 2. The number of aryl methyl sites for hydroxylation is 1. The first-order valence-electron chi connectivity index (χ1n) is 8.24. The molecular formula is C19H19N3O5. The molecule has 8 heteroatoms. The maximum Gasteiger partial charge on any atom is 0.248 e. The van der Waals surface area contributed by atoms with Gasteiger partial charge in [-0.05, 0) is 37.6 Å². The van der Waals surface area contributed by atoms with Crippen molar-refractivity contribution in [3.8, 4) is 11.5 Å². The Morgan fingerprint density at radius 1 is 1.07 bits per heavy atom. The molecule has 27 heavy (non-hydrogen) atoms. The number of ketones is 1. The summed E-state index contributed by atoms with van der Waals surface area (Å²) in [4.78, 5) is 35.5. The number of amides is 2. The van der Waals surface area contributed by atoms with E-state index in [1.165, 1.54) is 6.92 Å². The van der Waals surface area contributed by atoms with Crippen LogP contribution in [-0.4, -0.2) is 30.9 Å². The lowest BCUT2D eigenvalue weighted by molar-refractivity contribution is -0.114. The molecule has 1 aliphatic heterocycles. The number of anilines is 2. The molecule has 2 aromatic rings. The van der Waals surface area contributed by atoms with Crippen molar-refractivity contribution in [3.05, 3.63) is 47.0 Å². The Morgan fingerprint density at radius 3 is 2.44 bits per heavy atom. The fraction of sp³-hybridized carbons (Fsp3) is 0.211. The molecule has 140 valence electrons. The Hall–Kier alpha value is -3.55. The van der Waals surface area contributed by atoms with E-state index in [1.807, 2.05) is 6.92 Å². The van der Waals surface area contributed by atoms with Crippen molar-refractivity contribution >= 4 is 29.0 Å². The molecule has 0 fully saturated rings. The number of carbonyl (C=O) groups is 3. The Bertz CT molecular complexity index is 939. The number of primary amides is 1. The highest BCUT2D eigenvalue weighted by Crippen LogP contribution is 2.37. The number of benzene rings is 2. The van der Waals surface area contributed by atoms with Crippen molar-refractivity contribution in [1.29, 1.82) is 0 Å². The van der Waals surface area contributed by atoms with Gasteiger partial charge in [0.25, 0.3) is 0 Å². The molecule has 3 rings (SSSR count). The first-order valence-corrected chi connectivity index (χ1v) is 8.24. The van der Waals surface area contributed by atoms with Gasteiger partial charge >= 0.3 is 0 Å². The standard InChI is InChI=1S/C19H19N3O5/c1-10-3-4-12(19(20)25)5-14(10)21-8-18(24)22-15-7-17-16(26-9-27-17)6-13(15)11(2)23/h3-7,21H,8-9H2,1-2H3,(H2,20,25)(H,22,24). The topological polar surface area (TPSA) is 120 Å². The SMILES string of the molecule is CC(=O)c1cc2c(cc1NC(=O)CNc1cc(C(N)=O)ccc1C)OCO2. The summed E-state index contributed by atoms with van der Waals surface area (Å²) < 4.78 is 10.6. The summed E-state index contributed by atoms with van der Waals surface area (Å²) in [6, 6.07) is 8.07. The molecule has 0 aliphatic carbocycles. The van der Waals surface area contributed by atoms with Crippen molar-refractivity contribution in [2.45, 2.75) is 13.8 Å². The monoisotopic (exact) mass is 369 g/mol. The largest absolute Gasteiger partial charge is 0.454 e. The van der Waals surface area contributed by atoms with Crippen LogP contribution in [0.15, 0.2) is 30.3 Å². The number of fused-ring (bicyclic) bond motifs is 1. The minimum Gasteiger partial charge on any atom is -0.454 e. The van der Waals surface area contributed by atoms with E-state index in [-0.39, 0.29) is 25.0 Å². The fourth-order valence-electron chi connectivity index (χ4n) is 2.67. The quantitative estimate of drug-likeness (QED) is 0.671. The molecule has 0 unspecified atom stereocenters. The van der Waals surface area contributed by atoms with Crippen molar-refractivity contribution in [2.75, 3.05) is 24.0 Å². The molecule has 2 aromatic carbocycles. The van der Waals surface area contributed by atoms with E-state index in [2.05, 4.69) is 10.6 Å². The molecule has 0 aromatic heterocycles. The second-order valence-electron chi connectivity index (χ2n) is 6.10. The van der Waals surface area contributed by atoms with Gasteiger partial charge in [-0.3, -0.25) is 14.4 Å². The van der Waals surface area contributed by atoms with Gasteiger partial charge in [0.2, 0.25) is 18.6 Å². The lowest BCUT2D eigenvalue weighted by Gasteiger charge is -2.13. The van der Waals surface area contributed by atoms with E-state index in [1.54, 1.807) is 30.3 Å². The summed E-state index contributed by atoms with van der Waals surface area (Å²) in [6.45, 7) is 3.26. The number of hydrogen-bond acceptors (Lipinski definition) is 6. The number of carbonyl (C=O) groups excluding carboxylic acids is 3. The van der Waals surface area contributed by atoms with E-state index >= 15 is 0 Å². The Morgan fingerprint density at radius 2 is 1.78 bits per heavy atom. The molecule has 0 atom stereocenters. The lowest BCUT2D eigenvalue weighted by Crippen LogP contribution is -2.23. The smallest absolute Gasteiger partial charge is 0.248 e. The predicted octanol–water partition coefficient (Wildman–Crippen LogP) is 2.08. The predicted molar refractivity (Wildman–Crippen MR) is 99.4 cm³/mol. The molecule has 0 bridgehead atoms. The number of rotatable bonds is 6. The van der Waals surface area contributed by atoms with E-state index in [4.69, 9.17) is 15.2 Å². The van der Waals surface area contributed by atoms with Crippen molar-refractivity contribution in [1.82, 2.24) is 0 Å². The average Bonchev–Trinajstić information content (AvgIpc) is 3.07. The fourth-order valence-corrected chi connectivity index (χ4v) is 2.67. The summed E-state index contributed by atoms with van der Waals surface area (Å²) in [5.74, 6) is -0.181. The molecule has 4 N–H and O–H groups in total. The third kappa shape index (κ3) is 4.00. The van der Waals surface area contributed by atoms with Crippen LogP contribution in [0.1, 0.15) is 33.2 Å². The molecule has 0 radical (unpaired) electrons. The van der Waals surface area contributed by atoms with Gasteiger partial charge in [0.1, 0.15) is 0 Å². The normalized spacial score (nSPS) is 11.8. The van der Waals surface area contributed by atoms with Gasteiger partial charge in [-0.15, -0.1) is 0 Å². The summed E-state index contributed by atoms with van der Waals surface area (Å²) in [6.07, 6.45) is 0. The van der Waals surface area contributed by atoms with Gasteiger partial charge in [-0.2, -0.15) is 0 Å². The number of hydrogen-bond donors (Lipinski definition) is 3. The molecule has 0 saturated heterocycles. The van der Waals surface area contributed by atoms with Crippen LogP contribution in [0, 0.1) is 6.92 Å². The maximum atomic E-state index is 12.3. The maximum absolute atomic E-state index is 12.3. The van der Waals surface area contributed by atoms with Crippen LogP contribution in [0.5, 0.6) is 11.5 Å². The molecular weight excluding hydrogens is 350 g/mol. The molecule has 0 saturated carbocycles. The van der Waals surface area contributed by atoms with Crippen LogP contribution in [0.4, 0.5) is 11.4 Å². The highest BCUT2D eigenvalue weighted by atomic mass is 16.7. The first-order chi connectivity index (χ1) is 12.8. The zero-order valence-corrected chi connectivity index (χ0v) is 14.9. The van der Waals surface area contributed by atoms with Gasteiger partial charge in [-0.1, -0.05) is 6.07 Å². The van der Waals surface area contributed by atoms with Crippen LogP contribution in [-0.2, 0) is 4.79 Å². The molecule has 8 nitrogen and oxygen atoms in total. The lowest BCUT2D eigenvalue weighted by atomic mass is 10.1. The minimum absolute atomic E-state index is 0.0607. The van der Waals surface area contributed by atoms with E-state index in [0.717, 1.165) is 5.56 Å². The Labute approximate surface area is 155 Å². The Balaban J connectivity index is 1.73. The van der Waals surface area contributed by atoms with Gasteiger partial charge in [0.05, 0.1) is 12.2 Å². The second kappa shape index (κ2) is 7.36. The third-order valence-corrected chi connectivity index (χ3v) is 4.13.